The van der Waals surface area contributed by atoms with Gasteiger partial charge in [0.2, 0.25) is 5.91 Å². The number of amides is 1. The number of anilines is 1. The summed E-state index contributed by atoms with van der Waals surface area (Å²) >= 11 is 0. The summed E-state index contributed by atoms with van der Waals surface area (Å²) in [5.41, 5.74) is 4.73. The Balaban J connectivity index is 1.47. The lowest BCUT2D eigenvalue weighted by Gasteiger charge is -2.49. The van der Waals surface area contributed by atoms with E-state index in [0.29, 0.717) is 12.3 Å². The topological polar surface area (TPSA) is 65.1 Å². The first kappa shape index (κ1) is 18.0. The molecule has 1 amide bonds. The maximum Gasteiger partial charge on any atom is 0.222 e. The van der Waals surface area contributed by atoms with E-state index in [2.05, 4.69) is 50.7 Å². The average molecular weight is 367 g/mol. The summed E-state index contributed by atoms with van der Waals surface area (Å²) in [4.78, 5) is 28.8. The van der Waals surface area contributed by atoms with Crippen LogP contribution in [0.25, 0.3) is 0 Å². The van der Waals surface area contributed by atoms with E-state index in [9.17, 15) is 4.79 Å². The van der Waals surface area contributed by atoms with Gasteiger partial charge in [-0.15, -0.1) is 0 Å². The Morgan fingerprint density at radius 3 is 2.74 bits per heavy atom. The van der Waals surface area contributed by atoms with Gasteiger partial charge in [0.1, 0.15) is 0 Å². The fourth-order valence-electron chi connectivity index (χ4n) is 4.74. The first-order valence-electron chi connectivity index (χ1n) is 9.98. The van der Waals surface area contributed by atoms with Crippen LogP contribution in [0.3, 0.4) is 0 Å². The van der Waals surface area contributed by atoms with Crippen molar-refractivity contribution in [2.45, 2.75) is 46.0 Å². The maximum absolute atomic E-state index is 12.5. The quantitative estimate of drug-likeness (QED) is 0.902. The molecule has 6 heteroatoms. The number of nitrogens with zero attached hydrogens (tertiary/aromatic N) is 4. The minimum absolute atomic E-state index is 0.214. The predicted octanol–water partition coefficient (Wildman–Crippen LogP) is 2.87. The number of imidazole rings is 1. The molecule has 1 unspecified atom stereocenters. The van der Waals surface area contributed by atoms with Gasteiger partial charge in [-0.3, -0.25) is 9.78 Å². The van der Waals surface area contributed by atoms with E-state index in [-0.39, 0.29) is 5.41 Å². The van der Waals surface area contributed by atoms with Gasteiger partial charge in [-0.2, -0.15) is 0 Å². The molecule has 2 aliphatic heterocycles. The molecule has 1 atom stereocenters. The summed E-state index contributed by atoms with van der Waals surface area (Å²) in [6, 6.07) is 4.38. The van der Waals surface area contributed by atoms with Crippen LogP contribution in [-0.4, -0.2) is 51.9 Å². The third kappa shape index (κ3) is 3.99. The summed E-state index contributed by atoms with van der Waals surface area (Å²) in [5.74, 6) is 0.299. The van der Waals surface area contributed by atoms with Gasteiger partial charge in [-0.25, -0.2) is 4.98 Å². The van der Waals surface area contributed by atoms with Crippen molar-refractivity contribution in [2.75, 3.05) is 31.1 Å². The van der Waals surface area contributed by atoms with E-state index in [1.165, 1.54) is 18.5 Å². The van der Waals surface area contributed by atoms with Crippen molar-refractivity contribution < 1.29 is 4.79 Å². The van der Waals surface area contributed by atoms with Crippen molar-refractivity contribution >= 4 is 11.6 Å². The van der Waals surface area contributed by atoms with Gasteiger partial charge in [0, 0.05) is 73.4 Å². The zero-order chi connectivity index (χ0) is 18.9. The van der Waals surface area contributed by atoms with Crippen LogP contribution >= 0.6 is 0 Å². The third-order valence-electron chi connectivity index (χ3n) is 6.05. The van der Waals surface area contributed by atoms with Crippen LogP contribution in [0.2, 0.25) is 0 Å². The van der Waals surface area contributed by atoms with Crippen molar-refractivity contribution in [3.63, 3.8) is 0 Å². The number of hydrogen-bond donors (Lipinski definition) is 1. The number of aryl methyl sites for hydroxylation is 2. The first-order valence-corrected chi connectivity index (χ1v) is 9.98. The Hall–Kier alpha value is -2.37. The molecule has 2 aromatic heterocycles. The second-order valence-corrected chi connectivity index (χ2v) is 8.28. The predicted molar refractivity (Wildman–Crippen MR) is 106 cm³/mol. The Kier molecular flexibility index (Phi) is 4.89. The van der Waals surface area contributed by atoms with Crippen molar-refractivity contribution in [3.8, 4) is 0 Å². The molecule has 0 saturated carbocycles. The molecular formula is C21H29N5O. The van der Waals surface area contributed by atoms with Crippen LogP contribution in [0.5, 0.6) is 0 Å². The van der Waals surface area contributed by atoms with E-state index >= 15 is 0 Å². The van der Waals surface area contributed by atoms with Gasteiger partial charge in [-0.05, 0) is 45.2 Å². The lowest BCUT2D eigenvalue weighted by Crippen LogP contribution is -2.54. The van der Waals surface area contributed by atoms with Gasteiger partial charge in [0.25, 0.3) is 0 Å². The van der Waals surface area contributed by atoms with Crippen LogP contribution in [0.4, 0.5) is 5.69 Å². The van der Waals surface area contributed by atoms with Crippen LogP contribution in [-0.2, 0) is 11.2 Å². The van der Waals surface area contributed by atoms with Gasteiger partial charge < -0.3 is 14.8 Å². The summed E-state index contributed by atoms with van der Waals surface area (Å²) < 4.78 is 0. The molecule has 4 heterocycles. The first-order chi connectivity index (χ1) is 13.0. The number of hydrogen-bond acceptors (Lipinski definition) is 4. The number of likely N-dealkylation sites (tertiary alicyclic amines) is 1. The normalized spacial score (nSPS) is 23.3. The molecule has 4 rings (SSSR count). The largest absolute Gasteiger partial charge is 0.371 e. The Morgan fingerprint density at radius 1 is 1.19 bits per heavy atom. The van der Waals surface area contributed by atoms with E-state index in [1.807, 2.05) is 6.20 Å². The number of piperidine rings is 2. The zero-order valence-electron chi connectivity index (χ0n) is 16.4. The highest BCUT2D eigenvalue weighted by molar-refractivity contribution is 5.77. The molecule has 144 valence electrons. The van der Waals surface area contributed by atoms with Gasteiger partial charge in [-0.1, -0.05) is 0 Å². The molecule has 0 aromatic carbocycles. The van der Waals surface area contributed by atoms with E-state index < -0.39 is 0 Å². The van der Waals surface area contributed by atoms with Gasteiger partial charge in [0.15, 0.2) is 0 Å². The van der Waals surface area contributed by atoms with Crippen molar-refractivity contribution in [3.05, 3.63) is 41.7 Å². The molecular weight excluding hydrogens is 338 g/mol. The molecule has 1 spiro atoms. The molecule has 0 bridgehead atoms. The highest BCUT2D eigenvalue weighted by atomic mass is 16.2. The Morgan fingerprint density at radius 2 is 2.00 bits per heavy atom. The van der Waals surface area contributed by atoms with Gasteiger partial charge in [0.05, 0.1) is 6.33 Å². The Labute approximate surface area is 161 Å². The SMILES string of the molecule is Cc1cc(N2CCCC3(CCC(=O)N(CCc4cnc[nH]4)C3)C2)cc(C)n1. The number of nitrogens with one attached hydrogen (secondary N) is 1. The molecule has 2 saturated heterocycles. The lowest BCUT2D eigenvalue weighted by atomic mass is 9.73. The molecule has 2 aliphatic rings. The highest BCUT2D eigenvalue weighted by Gasteiger charge is 2.41. The minimum atomic E-state index is 0.214. The molecule has 6 nitrogen and oxygen atoms in total. The Bertz CT molecular complexity index is 783. The molecule has 0 radical (unpaired) electrons. The summed E-state index contributed by atoms with van der Waals surface area (Å²) in [5, 5.41) is 0. The number of rotatable bonds is 4. The third-order valence-corrected chi connectivity index (χ3v) is 6.05. The molecule has 27 heavy (non-hydrogen) atoms. The monoisotopic (exact) mass is 367 g/mol. The van der Waals surface area contributed by atoms with Crippen LogP contribution in [0.1, 0.15) is 42.8 Å². The number of carbonyl (C=O) groups excluding carboxylic acids is 1. The smallest absolute Gasteiger partial charge is 0.222 e. The lowest BCUT2D eigenvalue weighted by molar-refractivity contribution is -0.137. The number of pyridine rings is 1. The fraction of sp³-hybridized carbons (Fsp3) is 0.571. The van der Waals surface area contributed by atoms with E-state index in [1.54, 1.807) is 6.33 Å². The average Bonchev–Trinajstić information content (AvgIpc) is 3.16. The van der Waals surface area contributed by atoms with Crippen molar-refractivity contribution in [1.82, 2.24) is 19.9 Å². The zero-order valence-corrected chi connectivity index (χ0v) is 16.4. The summed E-state index contributed by atoms with van der Waals surface area (Å²) in [6.07, 6.45) is 8.46. The molecule has 2 fully saturated rings. The molecule has 2 aromatic rings. The summed E-state index contributed by atoms with van der Waals surface area (Å²) in [6.45, 7) is 7.89. The van der Waals surface area contributed by atoms with Gasteiger partial charge >= 0.3 is 0 Å². The minimum Gasteiger partial charge on any atom is -0.371 e. The number of aromatic nitrogens is 3. The second-order valence-electron chi connectivity index (χ2n) is 8.28. The number of H-pyrrole nitrogens is 1. The van der Waals surface area contributed by atoms with Crippen molar-refractivity contribution in [2.24, 2.45) is 5.41 Å². The van der Waals surface area contributed by atoms with E-state index in [0.717, 1.165) is 56.1 Å². The second kappa shape index (κ2) is 7.33. The highest BCUT2D eigenvalue weighted by Crippen LogP contribution is 2.40. The van der Waals surface area contributed by atoms with Crippen molar-refractivity contribution in [1.29, 1.82) is 0 Å². The summed E-state index contributed by atoms with van der Waals surface area (Å²) in [7, 11) is 0. The number of carbonyl (C=O) groups is 1. The molecule has 0 aliphatic carbocycles. The fourth-order valence-corrected chi connectivity index (χ4v) is 4.74. The van der Waals surface area contributed by atoms with Crippen LogP contribution < -0.4 is 4.90 Å². The molecule has 1 N–H and O–H groups in total. The number of aromatic amines is 1. The maximum atomic E-state index is 12.5. The van der Waals surface area contributed by atoms with Crippen LogP contribution in [0, 0.1) is 19.3 Å². The standard InChI is InChI=1S/C21H29N5O/c1-16-10-19(11-17(2)24-16)25-8-3-6-21(13-25)7-4-20(27)26(14-21)9-5-18-12-22-15-23-18/h10-12,15H,3-9,13-14H2,1-2H3,(H,22,23). The van der Waals surface area contributed by atoms with E-state index in [4.69, 9.17) is 0 Å². The van der Waals surface area contributed by atoms with Crippen LogP contribution in [0.15, 0.2) is 24.7 Å².